The third kappa shape index (κ3) is 6.69. The summed E-state index contributed by atoms with van der Waals surface area (Å²) in [7, 11) is 0. The van der Waals surface area contributed by atoms with Gasteiger partial charge < -0.3 is 26.2 Å². The van der Waals surface area contributed by atoms with Crippen LogP contribution in [0, 0.1) is 0 Å². The molecule has 0 unspecified atom stereocenters. The molecule has 30 heavy (non-hydrogen) atoms. The van der Waals surface area contributed by atoms with Crippen LogP contribution < -0.4 is 16.4 Å². The SMILES string of the molecule is NC(=O)c1cnc(NC2CCC(OCC(F)(F)F)CC2)nc1N[C@H]1CCC[C@H](O)C1. The van der Waals surface area contributed by atoms with Crippen molar-refractivity contribution in [1.82, 2.24) is 9.97 Å². The topological polar surface area (TPSA) is 122 Å². The number of aliphatic hydroxyl groups is 1. The van der Waals surface area contributed by atoms with Crippen molar-refractivity contribution in [2.45, 2.75) is 81.8 Å². The number of hydrogen-bond acceptors (Lipinski definition) is 7. The molecule has 11 heteroatoms. The van der Waals surface area contributed by atoms with Crippen molar-refractivity contribution >= 4 is 17.7 Å². The van der Waals surface area contributed by atoms with Crippen LogP contribution in [0.25, 0.3) is 0 Å². The van der Waals surface area contributed by atoms with E-state index in [-0.39, 0.29) is 23.8 Å². The number of aliphatic hydroxyl groups excluding tert-OH is 1. The number of nitrogens with zero attached hydrogens (tertiary/aromatic N) is 2. The number of nitrogens with one attached hydrogen (secondary N) is 2. The Kier molecular flexibility index (Phi) is 7.35. The van der Waals surface area contributed by atoms with Crippen molar-refractivity contribution in [3.63, 3.8) is 0 Å². The number of carbonyl (C=O) groups is 1. The number of anilines is 2. The van der Waals surface area contributed by atoms with Gasteiger partial charge in [0.05, 0.1) is 17.8 Å². The highest BCUT2D eigenvalue weighted by atomic mass is 19.4. The van der Waals surface area contributed by atoms with E-state index in [9.17, 15) is 23.1 Å². The summed E-state index contributed by atoms with van der Waals surface area (Å²) in [6.07, 6.45) is 1.57. The standard InChI is InChI=1S/C19H28F3N5O3/c20-19(21,22)10-30-14-6-4-11(5-7-14)26-18-24-9-15(16(23)29)17(27-18)25-12-2-1-3-13(28)8-12/h9,11-14,28H,1-8,10H2,(H2,23,29)(H2,24,25,26,27)/t11?,12-,13-,14?/m0/s1. The van der Waals surface area contributed by atoms with Crippen molar-refractivity contribution in [3.05, 3.63) is 11.8 Å². The molecule has 1 aromatic heterocycles. The Bertz CT molecular complexity index is 726. The van der Waals surface area contributed by atoms with Crippen molar-refractivity contribution in [3.8, 4) is 0 Å². The minimum absolute atomic E-state index is 0.000447. The van der Waals surface area contributed by atoms with Crippen molar-refractivity contribution in [1.29, 1.82) is 0 Å². The van der Waals surface area contributed by atoms with Crippen LogP contribution in [0.4, 0.5) is 24.9 Å². The van der Waals surface area contributed by atoms with Crippen molar-refractivity contribution < 1.29 is 27.8 Å². The van der Waals surface area contributed by atoms with Crippen LogP contribution in [0.5, 0.6) is 0 Å². The molecule has 2 fully saturated rings. The van der Waals surface area contributed by atoms with Gasteiger partial charge in [-0.05, 0) is 51.4 Å². The second kappa shape index (κ2) is 9.78. The Morgan fingerprint density at radius 3 is 2.53 bits per heavy atom. The van der Waals surface area contributed by atoms with Crippen LogP contribution in [0.2, 0.25) is 0 Å². The molecule has 1 amide bonds. The summed E-state index contributed by atoms with van der Waals surface area (Å²) in [5.41, 5.74) is 5.60. The van der Waals surface area contributed by atoms with Crippen LogP contribution >= 0.6 is 0 Å². The number of halogens is 3. The highest BCUT2D eigenvalue weighted by Gasteiger charge is 2.31. The zero-order chi connectivity index (χ0) is 21.7. The predicted molar refractivity (Wildman–Crippen MR) is 104 cm³/mol. The minimum Gasteiger partial charge on any atom is -0.393 e. The third-order valence-electron chi connectivity index (χ3n) is 5.53. The molecule has 0 saturated heterocycles. The van der Waals surface area contributed by atoms with E-state index in [1.807, 2.05) is 0 Å². The van der Waals surface area contributed by atoms with Crippen molar-refractivity contribution in [2.75, 3.05) is 17.2 Å². The first-order valence-corrected chi connectivity index (χ1v) is 10.3. The summed E-state index contributed by atoms with van der Waals surface area (Å²) < 4.78 is 41.8. The lowest BCUT2D eigenvalue weighted by molar-refractivity contribution is -0.187. The molecule has 2 atom stereocenters. The number of aromatic nitrogens is 2. The Hall–Kier alpha value is -2.14. The first-order chi connectivity index (χ1) is 14.2. The van der Waals surface area contributed by atoms with Gasteiger partial charge in [0.2, 0.25) is 5.95 Å². The molecule has 8 nitrogen and oxygen atoms in total. The average Bonchev–Trinajstić information content (AvgIpc) is 2.67. The summed E-state index contributed by atoms with van der Waals surface area (Å²) in [5, 5.41) is 16.2. The lowest BCUT2D eigenvalue weighted by atomic mass is 9.93. The number of ether oxygens (including phenoxy) is 1. The Morgan fingerprint density at radius 2 is 1.90 bits per heavy atom. The van der Waals surface area contributed by atoms with Gasteiger partial charge in [-0.15, -0.1) is 0 Å². The average molecular weight is 431 g/mol. The summed E-state index contributed by atoms with van der Waals surface area (Å²) in [5.74, 6) is -0.0115. The van der Waals surface area contributed by atoms with Crippen LogP contribution in [0.1, 0.15) is 61.7 Å². The van der Waals surface area contributed by atoms with E-state index in [0.717, 1.165) is 19.3 Å². The zero-order valence-electron chi connectivity index (χ0n) is 16.6. The number of rotatable bonds is 7. The molecule has 168 valence electrons. The molecule has 0 spiro atoms. The molecule has 0 aromatic carbocycles. The van der Waals surface area contributed by atoms with E-state index >= 15 is 0 Å². The van der Waals surface area contributed by atoms with E-state index in [1.165, 1.54) is 6.20 Å². The highest BCUT2D eigenvalue weighted by Crippen LogP contribution is 2.27. The zero-order valence-corrected chi connectivity index (χ0v) is 16.6. The number of nitrogens with two attached hydrogens (primary N) is 1. The number of hydrogen-bond donors (Lipinski definition) is 4. The molecule has 3 rings (SSSR count). The van der Waals surface area contributed by atoms with Gasteiger partial charge >= 0.3 is 6.18 Å². The number of amides is 1. The fourth-order valence-corrected chi connectivity index (χ4v) is 4.00. The number of carbonyl (C=O) groups excluding carboxylic acids is 1. The molecule has 1 heterocycles. The molecule has 0 bridgehead atoms. The highest BCUT2D eigenvalue weighted by molar-refractivity contribution is 5.97. The van der Waals surface area contributed by atoms with Gasteiger partial charge in [0, 0.05) is 18.3 Å². The maximum atomic E-state index is 12.3. The van der Waals surface area contributed by atoms with Gasteiger partial charge in [-0.2, -0.15) is 18.2 Å². The molecule has 2 aliphatic carbocycles. The smallest absolute Gasteiger partial charge is 0.393 e. The Balaban J connectivity index is 1.58. The molecule has 0 radical (unpaired) electrons. The van der Waals surface area contributed by atoms with Gasteiger partial charge in [0.25, 0.3) is 5.91 Å². The first kappa shape index (κ1) is 22.5. The Morgan fingerprint density at radius 1 is 1.17 bits per heavy atom. The summed E-state index contributed by atoms with van der Waals surface area (Å²) in [6.45, 7) is -1.22. The Labute approximate surface area is 172 Å². The lowest BCUT2D eigenvalue weighted by Crippen LogP contribution is -2.33. The minimum atomic E-state index is -4.32. The van der Waals surface area contributed by atoms with E-state index in [2.05, 4.69) is 20.6 Å². The van der Waals surface area contributed by atoms with E-state index in [4.69, 9.17) is 10.5 Å². The van der Waals surface area contributed by atoms with Crippen LogP contribution in [-0.2, 0) is 4.74 Å². The lowest BCUT2D eigenvalue weighted by Gasteiger charge is -2.30. The molecule has 2 saturated carbocycles. The second-order valence-corrected chi connectivity index (χ2v) is 8.03. The normalized spacial score (nSPS) is 27.5. The van der Waals surface area contributed by atoms with E-state index in [0.29, 0.717) is 43.9 Å². The quantitative estimate of drug-likeness (QED) is 0.523. The van der Waals surface area contributed by atoms with Gasteiger partial charge in [0.1, 0.15) is 12.4 Å². The molecule has 1 aromatic rings. The van der Waals surface area contributed by atoms with E-state index < -0.39 is 24.8 Å². The fourth-order valence-electron chi connectivity index (χ4n) is 4.00. The predicted octanol–water partition coefficient (Wildman–Crippen LogP) is 2.59. The maximum Gasteiger partial charge on any atom is 0.411 e. The molecule has 5 N–H and O–H groups in total. The monoisotopic (exact) mass is 431 g/mol. The third-order valence-corrected chi connectivity index (χ3v) is 5.53. The molecular formula is C19H28F3N5O3. The van der Waals surface area contributed by atoms with Crippen molar-refractivity contribution in [2.24, 2.45) is 5.73 Å². The molecule has 2 aliphatic rings. The molecular weight excluding hydrogens is 403 g/mol. The second-order valence-electron chi connectivity index (χ2n) is 8.03. The van der Waals surface area contributed by atoms with Gasteiger partial charge in [0.15, 0.2) is 0 Å². The van der Waals surface area contributed by atoms with E-state index in [1.54, 1.807) is 0 Å². The fraction of sp³-hybridized carbons (Fsp3) is 0.737. The first-order valence-electron chi connectivity index (χ1n) is 10.3. The summed E-state index contributed by atoms with van der Waals surface area (Å²) >= 11 is 0. The summed E-state index contributed by atoms with van der Waals surface area (Å²) in [6, 6.07) is -0.0182. The van der Waals surface area contributed by atoms with Crippen LogP contribution in [0.15, 0.2) is 6.20 Å². The number of alkyl halides is 3. The van der Waals surface area contributed by atoms with Crippen LogP contribution in [0.3, 0.4) is 0 Å². The van der Waals surface area contributed by atoms with Gasteiger partial charge in [-0.3, -0.25) is 4.79 Å². The maximum absolute atomic E-state index is 12.3. The largest absolute Gasteiger partial charge is 0.411 e. The van der Waals surface area contributed by atoms with Gasteiger partial charge in [-0.1, -0.05) is 0 Å². The number of primary amides is 1. The summed E-state index contributed by atoms with van der Waals surface area (Å²) in [4.78, 5) is 20.3. The van der Waals surface area contributed by atoms with Crippen LogP contribution in [-0.4, -0.2) is 58.1 Å². The van der Waals surface area contributed by atoms with Gasteiger partial charge in [-0.25, -0.2) is 4.98 Å². The molecule has 0 aliphatic heterocycles.